The molecule has 0 radical (unpaired) electrons. The Morgan fingerprint density at radius 3 is 2.37 bits per heavy atom. The lowest BCUT2D eigenvalue weighted by atomic mass is 10.1. The van der Waals surface area contributed by atoms with E-state index in [4.69, 9.17) is 4.74 Å². The Balaban J connectivity index is 3.14. The van der Waals surface area contributed by atoms with Crippen molar-refractivity contribution in [3.05, 3.63) is 23.8 Å². The lowest BCUT2D eigenvalue weighted by molar-refractivity contribution is -0.138. The number of urea groups is 1. The van der Waals surface area contributed by atoms with Crippen molar-refractivity contribution < 1.29 is 14.3 Å². The molecule has 1 atom stereocenters. The summed E-state index contributed by atoms with van der Waals surface area (Å²) in [6.45, 7) is 8.40. The fourth-order valence-electron chi connectivity index (χ4n) is 2.76. The third-order valence-corrected chi connectivity index (χ3v) is 4.29. The van der Waals surface area contributed by atoms with Gasteiger partial charge in [0.25, 0.3) is 0 Å². The summed E-state index contributed by atoms with van der Waals surface area (Å²) in [4.78, 5) is 28.4. The number of hydrogen-bond donors (Lipinski definition) is 2. The van der Waals surface area contributed by atoms with E-state index in [1.54, 1.807) is 0 Å². The fourth-order valence-corrected chi connectivity index (χ4v) is 2.76. The summed E-state index contributed by atoms with van der Waals surface area (Å²) in [5.41, 5.74) is 2.66. The highest BCUT2D eigenvalue weighted by molar-refractivity contribution is 5.90. The molecule has 152 valence electrons. The van der Waals surface area contributed by atoms with Crippen LogP contribution in [0.3, 0.4) is 0 Å². The highest BCUT2D eigenvalue weighted by Crippen LogP contribution is 2.25. The van der Waals surface area contributed by atoms with E-state index >= 15 is 0 Å². The van der Waals surface area contributed by atoms with Crippen molar-refractivity contribution in [2.75, 3.05) is 38.0 Å². The van der Waals surface area contributed by atoms with Crippen LogP contribution in [0.15, 0.2) is 18.2 Å². The van der Waals surface area contributed by atoms with E-state index in [0.717, 1.165) is 17.7 Å². The number of benzene rings is 1. The maximum atomic E-state index is 12.5. The zero-order valence-corrected chi connectivity index (χ0v) is 17.6. The number of carbonyl (C=O) groups is 2. The number of anilines is 2. The van der Waals surface area contributed by atoms with Gasteiger partial charge >= 0.3 is 6.03 Å². The van der Waals surface area contributed by atoms with Gasteiger partial charge in [0, 0.05) is 51.2 Å². The van der Waals surface area contributed by atoms with Crippen LogP contribution in [0.4, 0.5) is 16.2 Å². The summed E-state index contributed by atoms with van der Waals surface area (Å²) in [7, 11) is 5.44. The second-order valence-corrected chi connectivity index (χ2v) is 7.20. The molecular weight excluding hydrogens is 344 g/mol. The van der Waals surface area contributed by atoms with Gasteiger partial charge in [-0.15, -0.1) is 0 Å². The molecule has 2 N–H and O–H groups in total. The molecule has 0 saturated carbocycles. The minimum absolute atomic E-state index is 0.0486. The quantitative estimate of drug-likeness (QED) is 0.693. The van der Waals surface area contributed by atoms with Crippen molar-refractivity contribution in [3.63, 3.8) is 0 Å². The Kier molecular flexibility index (Phi) is 9.08. The van der Waals surface area contributed by atoms with Gasteiger partial charge in [-0.05, 0) is 51.0 Å². The normalized spacial score (nSPS) is 11.9. The zero-order valence-electron chi connectivity index (χ0n) is 17.6. The minimum atomic E-state index is -0.247. The number of nitrogens with zero attached hydrogens (tertiary/aromatic N) is 2. The number of carbonyl (C=O) groups excluding carboxylic acids is 2. The number of nitrogens with one attached hydrogen (secondary N) is 2. The van der Waals surface area contributed by atoms with Crippen LogP contribution in [-0.4, -0.2) is 56.7 Å². The second kappa shape index (κ2) is 10.8. The summed E-state index contributed by atoms with van der Waals surface area (Å²) in [5, 5.41) is 5.66. The van der Waals surface area contributed by atoms with Crippen molar-refractivity contribution in [3.8, 4) is 0 Å². The molecule has 0 aliphatic carbocycles. The van der Waals surface area contributed by atoms with Crippen LogP contribution in [0, 0.1) is 0 Å². The van der Waals surface area contributed by atoms with Gasteiger partial charge in [-0.25, -0.2) is 4.79 Å². The maximum Gasteiger partial charge on any atom is 0.319 e. The number of ether oxygens (including phenoxy) is 1. The summed E-state index contributed by atoms with van der Waals surface area (Å²) in [6, 6.07) is 5.63. The molecule has 0 aliphatic heterocycles. The molecule has 0 fully saturated rings. The molecule has 0 bridgehead atoms. The highest BCUT2D eigenvalue weighted by atomic mass is 16.5. The first-order valence-electron chi connectivity index (χ1n) is 9.35. The average molecular weight is 379 g/mol. The molecule has 0 saturated heterocycles. The van der Waals surface area contributed by atoms with Crippen molar-refractivity contribution in [2.24, 2.45) is 0 Å². The Hall–Kier alpha value is -2.28. The molecule has 1 aromatic rings. The molecule has 0 unspecified atom stereocenters. The van der Waals surface area contributed by atoms with Gasteiger partial charge in [-0.1, -0.05) is 6.92 Å². The lowest BCUT2D eigenvalue weighted by Crippen LogP contribution is -2.40. The molecule has 27 heavy (non-hydrogen) atoms. The SMILES string of the molecule is CC[C@H](C)N(Cc1cc(NC(=O)NC(C)C)ccc1N(C)C)C(=O)COC. The van der Waals surface area contributed by atoms with Crippen LogP contribution in [0.2, 0.25) is 0 Å². The molecule has 0 heterocycles. The van der Waals surface area contributed by atoms with Gasteiger partial charge in [0.15, 0.2) is 0 Å². The van der Waals surface area contributed by atoms with Crippen LogP contribution in [0.1, 0.15) is 39.7 Å². The van der Waals surface area contributed by atoms with Crippen molar-refractivity contribution >= 4 is 23.3 Å². The van der Waals surface area contributed by atoms with Gasteiger partial charge in [0.2, 0.25) is 5.91 Å². The van der Waals surface area contributed by atoms with Gasteiger partial charge in [-0.2, -0.15) is 0 Å². The van der Waals surface area contributed by atoms with E-state index in [1.807, 2.05) is 62.9 Å². The van der Waals surface area contributed by atoms with E-state index in [-0.39, 0.29) is 30.6 Å². The van der Waals surface area contributed by atoms with Crippen molar-refractivity contribution in [1.82, 2.24) is 10.2 Å². The first-order chi connectivity index (χ1) is 12.7. The van der Waals surface area contributed by atoms with Gasteiger partial charge in [0.1, 0.15) is 6.61 Å². The van der Waals surface area contributed by atoms with Gasteiger partial charge in [0.05, 0.1) is 0 Å². The first-order valence-corrected chi connectivity index (χ1v) is 9.35. The van der Waals surface area contributed by atoms with E-state index in [2.05, 4.69) is 17.6 Å². The monoisotopic (exact) mass is 378 g/mol. The van der Waals surface area contributed by atoms with Crippen LogP contribution < -0.4 is 15.5 Å². The molecule has 1 aromatic carbocycles. The zero-order chi connectivity index (χ0) is 20.6. The smallest absolute Gasteiger partial charge is 0.319 e. The van der Waals surface area contributed by atoms with Crippen molar-refractivity contribution in [1.29, 1.82) is 0 Å². The van der Waals surface area contributed by atoms with Crippen LogP contribution in [0.5, 0.6) is 0 Å². The Morgan fingerprint density at radius 1 is 1.19 bits per heavy atom. The van der Waals surface area contributed by atoms with Crippen LogP contribution in [0.25, 0.3) is 0 Å². The highest BCUT2D eigenvalue weighted by Gasteiger charge is 2.21. The molecule has 0 spiro atoms. The predicted molar refractivity (Wildman–Crippen MR) is 110 cm³/mol. The standard InChI is InChI=1S/C20H34N4O3/c1-8-15(4)24(19(25)13-27-7)12-16-11-17(9-10-18(16)23(5)6)22-20(26)21-14(2)3/h9-11,14-15H,8,12-13H2,1-7H3,(H2,21,22,26)/t15-/m0/s1. The summed E-state index contributed by atoms with van der Waals surface area (Å²) in [5.74, 6) is -0.0486. The molecule has 1 rings (SSSR count). The first kappa shape index (κ1) is 22.8. The molecule has 0 aromatic heterocycles. The number of rotatable bonds is 9. The summed E-state index contributed by atoms with van der Waals surface area (Å²) < 4.78 is 5.04. The molecule has 7 heteroatoms. The summed E-state index contributed by atoms with van der Waals surface area (Å²) in [6.07, 6.45) is 0.849. The topological polar surface area (TPSA) is 73.9 Å². The maximum absolute atomic E-state index is 12.5. The number of hydrogen-bond acceptors (Lipinski definition) is 4. The van der Waals surface area contributed by atoms with Crippen molar-refractivity contribution in [2.45, 2.75) is 52.7 Å². The van der Waals surface area contributed by atoms with E-state index in [0.29, 0.717) is 12.2 Å². The Bertz CT molecular complexity index is 632. The molecular formula is C20H34N4O3. The van der Waals surface area contributed by atoms with Gasteiger partial charge in [-0.3, -0.25) is 4.79 Å². The number of amides is 3. The average Bonchev–Trinajstić information content (AvgIpc) is 2.58. The third-order valence-electron chi connectivity index (χ3n) is 4.29. The lowest BCUT2D eigenvalue weighted by Gasteiger charge is -2.30. The fraction of sp³-hybridized carbons (Fsp3) is 0.600. The van der Waals surface area contributed by atoms with Crippen LogP contribution >= 0.6 is 0 Å². The molecule has 3 amide bonds. The van der Waals surface area contributed by atoms with Crippen LogP contribution in [-0.2, 0) is 16.1 Å². The van der Waals surface area contributed by atoms with E-state index < -0.39 is 0 Å². The molecule has 0 aliphatic rings. The van der Waals surface area contributed by atoms with E-state index in [9.17, 15) is 9.59 Å². The predicted octanol–water partition coefficient (Wildman–Crippen LogP) is 3.06. The summed E-state index contributed by atoms with van der Waals surface area (Å²) >= 11 is 0. The van der Waals surface area contributed by atoms with E-state index in [1.165, 1.54) is 7.11 Å². The third kappa shape index (κ3) is 7.09. The van der Waals surface area contributed by atoms with Gasteiger partial charge < -0.3 is 25.2 Å². The Labute approximate surface area is 163 Å². The largest absolute Gasteiger partial charge is 0.377 e. The number of methoxy groups -OCH3 is 1. The second-order valence-electron chi connectivity index (χ2n) is 7.20. The molecule has 7 nitrogen and oxygen atoms in total. The Morgan fingerprint density at radius 2 is 1.85 bits per heavy atom. The minimum Gasteiger partial charge on any atom is -0.377 e.